The monoisotopic (exact) mass is 166 g/mol. The molecule has 2 rings (SSSR count). The number of hydrogen-bond donors (Lipinski definition) is 0. The highest BCUT2D eigenvalue weighted by Gasteiger charge is 1.97. The van der Waals surface area contributed by atoms with Gasteiger partial charge in [0.2, 0.25) is 0 Å². The summed E-state index contributed by atoms with van der Waals surface area (Å²) in [4.78, 5) is 0. The van der Waals surface area contributed by atoms with Crippen LogP contribution in [0.5, 0.6) is 0 Å². The van der Waals surface area contributed by atoms with Crippen LogP contribution in [-0.2, 0) is 5.88 Å². The van der Waals surface area contributed by atoms with Crippen LogP contribution in [0.4, 0.5) is 0 Å². The lowest BCUT2D eigenvalue weighted by molar-refractivity contribution is 0.955. The van der Waals surface area contributed by atoms with E-state index in [-0.39, 0.29) is 0 Å². The van der Waals surface area contributed by atoms with E-state index in [1.54, 1.807) is 6.20 Å². The molecule has 0 fully saturated rings. The van der Waals surface area contributed by atoms with Gasteiger partial charge in [-0.05, 0) is 17.7 Å². The van der Waals surface area contributed by atoms with Gasteiger partial charge < -0.3 is 0 Å². The van der Waals surface area contributed by atoms with Gasteiger partial charge in [0.25, 0.3) is 0 Å². The van der Waals surface area contributed by atoms with Crippen molar-refractivity contribution in [2.45, 2.75) is 5.88 Å². The second-order valence-electron chi connectivity index (χ2n) is 2.33. The SMILES string of the molecule is ClCc1cccn2nccc12. The maximum atomic E-state index is 5.72. The zero-order valence-electron chi connectivity index (χ0n) is 5.87. The predicted molar refractivity (Wildman–Crippen MR) is 44.7 cm³/mol. The van der Waals surface area contributed by atoms with E-state index in [1.165, 1.54) is 0 Å². The maximum absolute atomic E-state index is 5.72. The molecule has 0 spiro atoms. The Morgan fingerprint density at radius 2 is 2.36 bits per heavy atom. The van der Waals surface area contributed by atoms with E-state index in [9.17, 15) is 0 Å². The van der Waals surface area contributed by atoms with Crippen molar-refractivity contribution in [1.29, 1.82) is 0 Å². The van der Waals surface area contributed by atoms with Crippen molar-refractivity contribution in [1.82, 2.24) is 9.61 Å². The minimum atomic E-state index is 0.538. The molecule has 0 N–H and O–H groups in total. The summed E-state index contributed by atoms with van der Waals surface area (Å²) in [6, 6.07) is 5.90. The third-order valence-corrected chi connectivity index (χ3v) is 1.96. The molecule has 2 aromatic rings. The van der Waals surface area contributed by atoms with Gasteiger partial charge in [-0.25, -0.2) is 4.52 Å². The fourth-order valence-corrected chi connectivity index (χ4v) is 1.35. The zero-order chi connectivity index (χ0) is 7.68. The van der Waals surface area contributed by atoms with E-state index >= 15 is 0 Å². The molecule has 2 nitrogen and oxygen atoms in total. The Kier molecular flexibility index (Phi) is 1.55. The second kappa shape index (κ2) is 2.55. The van der Waals surface area contributed by atoms with Crippen molar-refractivity contribution in [3.63, 3.8) is 0 Å². The molecule has 2 aromatic heterocycles. The van der Waals surface area contributed by atoms with Gasteiger partial charge in [0.05, 0.1) is 5.52 Å². The van der Waals surface area contributed by atoms with E-state index in [0.717, 1.165) is 11.1 Å². The van der Waals surface area contributed by atoms with Crippen molar-refractivity contribution < 1.29 is 0 Å². The van der Waals surface area contributed by atoms with Crippen molar-refractivity contribution in [3.8, 4) is 0 Å². The van der Waals surface area contributed by atoms with Crippen LogP contribution in [-0.4, -0.2) is 9.61 Å². The average Bonchev–Trinajstić information content (AvgIpc) is 2.50. The fraction of sp³-hybridized carbons (Fsp3) is 0.125. The van der Waals surface area contributed by atoms with Crippen LogP contribution in [0.1, 0.15) is 5.56 Å². The van der Waals surface area contributed by atoms with Gasteiger partial charge in [-0.3, -0.25) is 0 Å². The molecular formula is C8H7ClN2. The molecule has 56 valence electrons. The quantitative estimate of drug-likeness (QED) is 0.593. The molecule has 0 saturated heterocycles. The number of aromatic nitrogens is 2. The highest BCUT2D eigenvalue weighted by atomic mass is 35.5. The highest BCUT2D eigenvalue weighted by molar-refractivity contribution is 6.17. The number of fused-ring (bicyclic) bond motifs is 1. The summed E-state index contributed by atoms with van der Waals surface area (Å²) >= 11 is 5.72. The Morgan fingerprint density at radius 1 is 1.45 bits per heavy atom. The Labute approximate surface area is 69.4 Å². The first kappa shape index (κ1) is 6.68. The summed E-state index contributed by atoms with van der Waals surface area (Å²) in [5.41, 5.74) is 2.20. The number of halogens is 1. The van der Waals surface area contributed by atoms with Crippen LogP contribution < -0.4 is 0 Å². The van der Waals surface area contributed by atoms with Crippen LogP contribution in [0.25, 0.3) is 5.52 Å². The molecule has 3 heteroatoms. The van der Waals surface area contributed by atoms with Gasteiger partial charge in [-0.2, -0.15) is 5.10 Å². The van der Waals surface area contributed by atoms with E-state index in [0.29, 0.717) is 5.88 Å². The molecule has 11 heavy (non-hydrogen) atoms. The Balaban J connectivity index is 2.79. The molecule has 0 bridgehead atoms. The number of nitrogens with zero attached hydrogens (tertiary/aromatic N) is 2. The van der Waals surface area contributed by atoms with Crippen LogP contribution in [0.15, 0.2) is 30.6 Å². The number of rotatable bonds is 1. The first-order chi connectivity index (χ1) is 5.42. The normalized spacial score (nSPS) is 10.6. The minimum Gasteiger partial charge on any atom is -0.241 e. The van der Waals surface area contributed by atoms with E-state index < -0.39 is 0 Å². The van der Waals surface area contributed by atoms with Gasteiger partial charge in [0, 0.05) is 18.3 Å². The fourth-order valence-electron chi connectivity index (χ4n) is 1.13. The minimum absolute atomic E-state index is 0.538. The molecule has 0 aromatic carbocycles. The molecule has 0 aliphatic rings. The summed E-state index contributed by atoms with van der Waals surface area (Å²) in [5.74, 6) is 0.538. The second-order valence-corrected chi connectivity index (χ2v) is 2.60. The van der Waals surface area contributed by atoms with E-state index in [4.69, 9.17) is 11.6 Å². The van der Waals surface area contributed by atoms with Gasteiger partial charge in [0.15, 0.2) is 0 Å². The van der Waals surface area contributed by atoms with Gasteiger partial charge in [0.1, 0.15) is 0 Å². The zero-order valence-corrected chi connectivity index (χ0v) is 6.62. The topological polar surface area (TPSA) is 17.3 Å². The molecular weight excluding hydrogens is 160 g/mol. The van der Waals surface area contributed by atoms with Crippen molar-refractivity contribution >= 4 is 17.1 Å². The molecule has 0 unspecified atom stereocenters. The maximum Gasteiger partial charge on any atom is 0.0705 e. The number of alkyl halides is 1. The Hall–Kier alpha value is -1.02. The Morgan fingerprint density at radius 3 is 3.18 bits per heavy atom. The van der Waals surface area contributed by atoms with Gasteiger partial charge in [-0.15, -0.1) is 11.6 Å². The predicted octanol–water partition coefficient (Wildman–Crippen LogP) is 2.07. The molecule has 0 aliphatic carbocycles. The summed E-state index contributed by atoms with van der Waals surface area (Å²) in [5, 5.41) is 4.09. The summed E-state index contributed by atoms with van der Waals surface area (Å²) in [7, 11) is 0. The van der Waals surface area contributed by atoms with Crippen LogP contribution in [0.2, 0.25) is 0 Å². The summed E-state index contributed by atoms with van der Waals surface area (Å²) in [6.07, 6.45) is 3.68. The van der Waals surface area contributed by atoms with Crippen molar-refractivity contribution in [2.24, 2.45) is 0 Å². The van der Waals surface area contributed by atoms with Crippen LogP contribution in [0.3, 0.4) is 0 Å². The number of hydrogen-bond acceptors (Lipinski definition) is 1. The third-order valence-electron chi connectivity index (χ3n) is 1.67. The first-order valence-corrected chi connectivity index (χ1v) is 3.92. The molecule has 0 amide bonds. The molecule has 2 heterocycles. The smallest absolute Gasteiger partial charge is 0.0705 e. The van der Waals surface area contributed by atoms with Gasteiger partial charge in [-0.1, -0.05) is 6.07 Å². The van der Waals surface area contributed by atoms with Gasteiger partial charge >= 0.3 is 0 Å². The van der Waals surface area contributed by atoms with Crippen LogP contribution >= 0.6 is 11.6 Å². The molecule has 0 aliphatic heterocycles. The lowest BCUT2D eigenvalue weighted by Crippen LogP contribution is -1.88. The molecule has 0 saturated carbocycles. The summed E-state index contributed by atoms with van der Waals surface area (Å²) < 4.78 is 1.82. The van der Waals surface area contributed by atoms with Crippen LogP contribution in [0, 0.1) is 0 Å². The molecule has 0 atom stereocenters. The first-order valence-electron chi connectivity index (χ1n) is 3.39. The number of pyridine rings is 1. The summed E-state index contributed by atoms with van der Waals surface area (Å²) in [6.45, 7) is 0. The average molecular weight is 167 g/mol. The largest absolute Gasteiger partial charge is 0.241 e. The van der Waals surface area contributed by atoms with Crippen molar-refractivity contribution in [2.75, 3.05) is 0 Å². The van der Waals surface area contributed by atoms with Crippen molar-refractivity contribution in [3.05, 3.63) is 36.2 Å². The van der Waals surface area contributed by atoms with E-state index in [1.807, 2.05) is 28.9 Å². The third kappa shape index (κ3) is 0.994. The van der Waals surface area contributed by atoms with E-state index in [2.05, 4.69) is 5.10 Å². The standard InChI is InChI=1S/C8H7ClN2/c9-6-7-2-1-5-11-8(7)3-4-10-11/h1-5H,6H2. The molecule has 0 radical (unpaired) electrons. The lowest BCUT2D eigenvalue weighted by atomic mass is 10.2. The Bertz CT molecular complexity index is 367. The lowest BCUT2D eigenvalue weighted by Gasteiger charge is -1.97. The highest BCUT2D eigenvalue weighted by Crippen LogP contribution is 2.11.